The van der Waals surface area contributed by atoms with Gasteiger partial charge in [0, 0.05) is 23.1 Å². The first kappa shape index (κ1) is 15.0. The molecule has 1 saturated heterocycles. The summed E-state index contributed by atoms with van der Waals surface area (Å²) in [5.41, 5.74) is 2.65. The Bertz CT molecular complexity index is 804. The summed E-state index contributed by atoms with van der Waals surface area (Å²) in [4.78, 5) is 12.2. The predicted octanol–water partition coefficient (Wildman–Crippen LogP) is 4.00. The average Bonchev–Trinajstić information content (AvgIpc) is 2.87. The zero-order chi connectivity index (χ0) is 16.7. The van der Waals surface area contributed by atoms with Crippen molar-refractivity contribution in [3.63, 3.8) is 0 Å². The van der Waals surface area contributed by atoms with Gasteiger partial charge in [0.05, 0.1) is 6.61 Å². The molecule has 5 nitrogen and oxygen atoms in total. The van der Waals surface area contributed by atoms with Crippen molar-refractivity contribution in [1.29, 1.82) is 0 Å². The average molecular weight is 325 g/mol. The van der Waals surface area contributed by atoms with E-state index in [1.807, 2.05) is 43.3 Å². The summed E-state index contributed by atoms with van der Waals surface area (Å²) in [6.07, 6.45) is 0.143. The first-order chi connectivity index (χ1) is 11.5. The van der Waals surface area contributed by atoms with Gasteiger partial charge in [0.15, 0.2) is 0 Å². The molecular weight excluding hydrogens is 306 g/mol. The van der Waals surface area contributed by atoms with Gasteiger partial charge in [0.25, 0.3) is 0 Å². The van der Waals surface area contributed by atoms with Gasteiger partial charge in [-0.25, -0.2) is 4.79 Å². The van der Waals surface area contributed by atoms with E-state index in [0.717, 1.165) is 29.0 Å². The van der Waals surface area contributed by atoms with Gasteiger partial charge in [0.2, 0.25) is 6.29 Å². The molecule has 1 fully saturated rings. The molecule has 0 saturated carbocycles. The van der Waals surface area contributed by atoms with Crippen LogP contribution >= 0.6 is 0 Å². The second-order valence-electron chi connectivity index (χ2n) is 6.61. The van der Waals surface area contributed by atoms with Crippen molar-refractivity contribution in [3.05, 3.63) is 53.6 Å². The number of aryl methyl sites for hydroxylation is 1. The van der Waals surface area contributed by atoms with Gasteiger partial charge in [-0.05, 0) is 36.8 Å². The second-order valence-corrected chi connectivity index (χ2v) is 6.61. The maximum Gasteiger partial charge on any atom is 0.417 e. The number of hydrogen-bond acceptors (Lipinski definition) is 4. The summed E-state index contributed by atoms with van der Waals surface area (Å²) >= 11 is 0. The van der Waals surface area contributed by atoms with Gasteiger partial charge < -0.3 is 14.2 Å². The van der Waals surface area contributed by atoms with Gasteiger partial charge in [-0.2, -0.15) is 0 Å². The van der Waals surface area contributed by atoms with E-state index >= 15 is 0 Å². The van der Waals surface area contributed by atoms with Crippen molar-refractivity contribution in [2.45, 2.75) is 32.0 Å². The number of ether oxygens (including phenoxy) is 3. The molecule has 2 aromatic carbocycles. The van der Waals surface area contributed by atoms with Gasteiger partial charge in [0.1, 0.15) is 11.5 Å². The van der Waals surface area contributed by atoms with Crippen LogP contribution in [0.4, 0.5) is 10.5 Å². The maximum absolute atomic E-state index is 12.2. The SMILES string of the molecule is Cc1ccccc1NC(=O)Oc1ccc2c(c1)[C@]1(C)CO[C@@H](C1)O2. The minimum Gasteiger partial charge on any atom is -0.465 e. The maximum atomic E-state index is 12.2. The zero-order valence-electron chi connectivity index (χ0n) is 13.7. The van der Waals surface area contributed by atoms with Crippen LogP contribution in [0.5, 0.6) is 11.5 Å². The van der Waals surface area contributed by atoms with Crippen LogP contribution in [-0.4, -0.2) is 19.0 Å². The third kappa shape index (κ3) is 2.61. The summed E-state index contributed by atoms with van der Waals surface area (Å²) in [6.45, 7) is 4.69. The number of carbonyl (C=O) groups excluding carboxylic acids is 1. The number of hydrogen-bond donors (Lipinski definition) is 1. The lowest BCUT2D eigenvalue weighted by atomic mass is 9.80. The quantitative estimate of drug-likeness (QED) is 0.906. The highest BCUT2D eigenvalue weighted by molar-refractivity contribution is 5.87. The molecule has 2 aromatic rings. The molecule has 0 spiro atoms. The highest BCUT2D eigenvalue weighted by atomic mass is 16.7. The van der Waals surface area contributed by atoms with Crippen LogP contribution in [0, 0.1) is 6.92 Å². The van der Waals surface area contributed by atoms with E-state index in [1.165, 1.54) is 0 Å². The standard InChI is InChI=1S/C19H19NO4/c1-12-5-3-4-6-15(12)20-18(21)23-13-7-8-16-14(9-13)19(2)10-17(24-16)22-11-19/h3-9,17H,10-11H2,1-2H3,(H,20,21)/t17-,19+/m1/s1. The van der Waals surface area contributed by atoms with Crippen LogP contribution in [0.1, 0.15) is 24.5 Å². The highest BCUT2D eigenvalue weighted by Crippen LogP contribution is 2.47. The number of amides is 1. The monoisotopic (exact) mass is 325 g/mol. The highest BCUT2D eigenvalue weighted by Gasteiger charge is 2.45. The molecule has 0 unspecified atom stereocenters. The fourth-order valence-corrected chi connectivity index (χ4v) is 3.27. The molecule has 5 heteroatoms. The number of nitrogens with one attached hydrogen (secondary N) is 1. The Labute approximate surface area is 140 Å². The Morgan fingerprint density at radius 2 is 2.12 bits per heavy atom. The number of para-hydroxylation sites is 1. The molecule has 0 aliphatic carbocycles. The van der Waals surface area contributed by atoms with Crippen molar-refractivity contribution >= 4 is 11.8 Å². The van der Waals surface area contributed by atoms with E-state index in [2.05, 4.69) is 12.2 Å². The van der Waals surface area contributed by atoms with Crippen molar-refractivity contribution in [2.24, 2.45) is 0 Å². The van der Waals surface area contributed by atoms with E-state index in [4.69, 9.17) is 14.2 Å². The number of carbonyl (C=O) groups is 1. The lowest BCUT2D eigenvalue weighted by molar-refractivity contribution is -0.0380. The molecule has 2 aliphatic heterocycles. The normalized spacial score (nSPS) is 24.0. The lowest BCUT2D eigenvalue weighted by Crippen LogP contribution is -2.29. The Balaban J connectivity index is 1.53. The number of benzene rings is 2. The first-order valence-electron chi connectivity index (χ1n) is 8.01. The minimum atomic E-state index is -0.508. The van der Waals surface area contributed by atoms with E-state index in [0.29, 0.717) is 12.4 Å². The van der Waals surface area contributed by atoms with Gasteiger partial charge in [-0.15, -0.1) is 0 Å². The first-order valence-corrected chi connectivity index (χ1v) is 8.01. The Kier molecular flexibility index (Phi) is 3.46. The molecule has 1 amide bonds. The smallest absolute Gasteiger partial charge is 0.417 e. The largest absolute Gasteiger partial charge is 0.465 e. The number of fused-ring (bicyclic) bond motifs is 4. The summed E-state index contributed by atoms with van der Waals surface area (Å²) < 4.78 is 16.9. The fourth-order valence-electron chi connectivity index (χ4n) is 3.27. The Morgan fingerprint density at radius 1 is 1.29 bits per heavy atom. The summed E-state index contributed by atoms with van der Waals surface area (Å²) in [5, 5.41) is 2.76. The third-order valence-electron chi connectivity index (χ3n) is 4.66. The molecule has 0 radical (unpaired) electrons. The molecular formula is C19H19NO4. The number of rotatable bonds is 2. The summed E-state index contributed by atoms with van der Waals surface area (Å²) in [6, 6.07) is 13.0. The molecule has 2 aliphatic rings. The molecule has 2 bridgehead atoms. The van der Waals surface area contributed by atoms with E-state index in [-0.39, 0.29) is 11.7 Å². The van der Waals surface area contributed by atoms with Gasteiger partial charge in [-0.3, -0.25) is 5.32 Å². The van der Waals surface area contributed by atoms with Crippen molar-refractivity contribution in [1.82, 2.24) is 0 Å². The van der Waals surface area contributed by atoms with Crippen LogP contribution in [-0.2, 0) is 10.2 Å². The van der Waals surface area contributed by atoms with Crippen molar-refractivity contribution in [3.8, 4) is 11.5 Å². The third-order valence-corrected chi connectivity index (χ3v) is 4.66. The topological polar surface area (TPSA) is 56.8 Å². The summed E-state index contributed by atoms with van der Waals surface area (Å²) in [7, 11) is 0. The van der Waals surface area contributed by atoms with Crippen LogP contribution in [0.25, 0.3) is 0 Å². The van der Waals surface area contributed by atoms with Crippen molar-refractivity contribution in [2.75, 3.05) is 11.9 Å². The molecule has 124 valence electrons. The Morgan fingerprint density at radius 3 is 2.96 bits per heavy atom. The fraction of sp³-hybridized carbons (Fsp3) is 0.316. The van der Waals surface area contributed by atoms with E-state index < -0.39 is 6.09 Å². The second kappa shape index (κ2) is 5.53. The lowest BCUT2D eigenvalue weighted by Gasteiger charge is -2.30. The summed E-state index contributed by atoms with van der Waals surface area (Å²) in [5.74, 6) is 1.30. The molecule has 2 heterocycles. The molecule has 2 atom stereocenters. The van der Waals surface area contributed by atoms with Crippen LogP contribution in [0.2, 0.25) is 0 Å². The molecule has 0 aromatic heterocycles. The zero-order valence-corrected chi connectivity index (χ0v) is 13.7. The van der Waals surface area contributed by atoms with Crippen LogP contribution in [0.3, 0.4) is 0 Å². The minimum absolute atomic E-state index is 0.0931. The van der Waals surface area contributed by atoms with Crippen molar-refractivity contribution < 1.29 is 19.0 Å². The molecule has 4 rings (SSSR count). The molecule has 24 heavy (non-hydrogen) atoms. The molecule has 1 N–H and O–H groups in total. The van der Waals surface area contributed by atoms with Gasteiger partial charge >= 0.3 is 6.09 Å². The number of anilines is 1. The van der Waals surface area contributed by atoms with E-state index in [1.54, 1.807) is 6.07 Å². The van der Waals surface area contributed by atoms with Crippen LogP contribution in [0.15, 0.2) is 42.5 Å². The van der Waals surface area contributed by atoms with Gasteiger partial charge in [-0.1, -0.05) is 25.1 Å². The van der Waals surface area contributed by atoms with E-state index in [9.17, 15) is 4.79 Å². The van der Waals surface area contributed by atoms with Crippen LogP contribution < -0.4 is 14.8 Å². The predicted molar refractivity (Wildman–Crippen MR) is 89.6 cm³/mol. The Hall–Kier alpha value is -2.53.